The number of rotatable bonds is 3. The Bertz CT molecular complexity index is 113. The fraction of sp³-hybridized carbons (Fsp3) is 0.375. The molecule has 11 heavy (non-hydrogen) atoms. The van der Waals surface area contributed by atoms with Crippen LogP contribution in [0.5, 0.6) is 0 Å². The molecule has 3 heteroatoms. The second kappa shape index (κ2) is 16.1. The summed E-state index contributed by atoms with van der Waals surface area (Å²) >= 11 is 0.951. The van der Waals surface area contributed by atoms with E-state index in [2.05, 4.69) is 17.9 Å². The van der Waals surface area contributed by atoms with Crippen LogP contribution in [0.25, 0.3) is 0 Å². The first-order valence-electron chi connectivity index (χ1n) is 3.01. The van der Waals surface area contributed by atoms with Gasteiger partial charge in [-0.05, 0) is 6.08 Å². The lowest BCUT2D eigenvalue weighted by Gasteiger charge is -1.89. The average Bonchev–Trinajstić information content (AvgIpc) is 2.04. The van der Waals surface area contributed by atoms with E-state index in [0.717, 1.165) is 11.9 Å². The Kier molecular flexibility index (Phi) is 24.5. The highest BCUT2D eigenvalue weighted by atomic mass is 32.2. The molecule has 1 N–H and O–H groups in total. The van der Waals surface area contributed by atoms with Gasteiger partial charge in [0.2, 0.25) is 5.12 Å². The summed E-state index contributed by atoms with van der Waals surface area (Å²) in [6, 6.07) is 0. The molecule has 0 aliphatic rings. The summed E-state index contributed by atoms with van der Waals surface area (Å²) in [5.74, 6) is 0. The van der Waals surface area contributed by atoms with Gasteiger partial charge in [-0.25, -0.2) is 0 Å². The molecule has 0 bridgehead atoms. The minimum atomic E-state index is -0.107. The van der Waals surface area contributed by atoms with Crippen LogP contribution < -0.4 is 4.72 Å². The van der Waals surface area contributed by atoms with Gasteiger partial charge in [-0.3, -0.25) is 4.79 Å². The van der Waals surface area contributed by atoms with Crippen molar-refractivity contribution in [3.8, 4) is 0 Å². The molecule has 2 nitrogen and oxygen atoms in total. The molecule has 0 unspecified atom stereocenters. The third-order valence-corrected chi connectivity index (χ3v) is 1.06. The molecular weight excluding hydrogens is 158 g/mol. The maximum atomic E-state index is 10.3. The van der Waals surface area contributed by atoms with Crippen LogP contribution in [0.3, 0.4) is 0 Å². The maximum Gasteiger partial charge on any atom is 0.231 e. The van der Waals surface area contributed by atoms with E-state index in [1.807, 2.05) is 13.8 Å². The highest BCUT2D eigenvalue weighted by Crippen LogP contribution is 1.93. The molecule has 0 aromatic rings. The first kappa shape index (κ1) is 16.7. The summed E-state index contributed by atoms with van der Waals surface area (Å²) in [5, 5.41) is -0.107. The monoisotopic (exact) mass is 175 g/mol. The Morgan fingerprint density at radius 3 is 2.18 bits per heavy atom. The molecule has 0 saturated heterocycles. The summed E-state index contributed by atoms with van der Waals surface area (Å²) in [5.41, 5.74) is 0. The molecule has 0 atom stereocenters. The van der Waals surface area contributed by atoms with Gasteiger partial charge < -0.3 is 4.72 Å². The third-order valence-electron chi connectivity index (χ3n) is 0.410. The van der Waals surface area contributed by atoms with Crippen LogP contribution in [0.4, 0.5) is 0 Å². The van der Waals surface area contributed by atoms with Gasteiger partial charge in [0.25, 0.3) is 0 Å². The van der Waals surface area contributed by atoms with Gasteiger partial charge in [0.05, 0.1) is 0 Å². The van der Waals surface area contributed by atoms with Crippen LogP contribution in [-0.2, 0) is 4.79 Å². The lowest BCUT2D eigenvalue weighted by atomic mass is 10.7. The van der Waals surface area contributed by atoms with Crippen molar-refractivity contribution in [2.45, 2.75) is 21.3 Å². The Balaban J connectivity index is -0.000000196. The van der Waals surface area contributed by atoms with Gasteiger partial charge in [-0.15, -0.1) is 0 Å². The molecule has 0 radical (unpaired) electrons. The zero-order valence-corrected chi connectivity index (χ0v) is 7.20. The number of carbonyl (C=O) groups excluding carboxylic acids is 1. The molecule has 0 heterocycles. The Hall–Kier alpha value is -0.700. The van der Waals surface area contributed by atoms with Crippen molar-refractivity contribution in [1.29, 1.82) is 0 Å². The van der Waals surface area contributed by atoms with E-state index in [-0.39, 0.29) is 12.5 Å². The van der Waals surface area contributed by atoms with E-state index in [4.69, 9.17) is 0 Å². The van der Waals surface area contributed by atoms with E-state index in [0.29, 0.717) is 0 Å². The first-order chi connectivity index (χ1) is 4.81. The van der Waals surface area contributed by atoms with Crippen molar-refractivity contribution in [2.24, 2.45) is 0 Å². The van der Waals surface area contributed by atoms with Crippen molar-refractivity contribution >= 4 is 17.1 Å². The van der Waals surface area contributed by atoms with Gasteiger partial charge in [0.1, 0.15) is 0 Å². The van der Waals surface area contributed by atoms with Crippen LogP contribution in [0.15, 0.2) is 25.4 Å². The lowest BCUT2D eigenvalue weighted by molar-refractivity contribution is -0.107. The Labute approximate surface area is 73.9 Å². The number of hydrogen-bond donors (Lipinski definition) is 1. The zero-order chi connectivity index (χ0) is 8.41. The van der Waals surface area contributed by atoms with Crippen molar-refractivity contribution in [2.75, 3.05) is 0 Å². The highest BCUT2D eigenvalue weighted by Gasteiger charge is 1.89. The normalized spacial score (nSPS) is 6.00. The van der Waals surface area contributed by atoms with Crippen molar-refractivity contribution < 1.29 is 4.79 Å². The summed E-state index contributed by atoms with van der Waals surface area (Å²) in [7, 11) is 0. The SMILES string of the molecule is C.C=CNSC(=O)C=C.CC. The molecule has 0 saturated carbocycles. The molecule has 66 valence electrons. The Morgan fingerprint density at radius 2 is 1.91 bits per heavy atom. The smallest absolute Gasteiger partial charge is 0.231 e. The van der Waals surface area contributed by atoms with Gasteiger partial charge in [0, 0.05) is 18.1 Å². The zero-order valence-electron chi connectivity index (χ0n) is 6.39. The van der Waals surface area contributed by atoms with Crippen molar-refractivity contribution in [3.63, 3.8) is 0 Å². The largest absolute Gasteiger partial charge is 0.330 e. The van der Waals surface area contributed by atoms with E-state index in [1.54, 1.807) is 0 Å². The summed E-state index contributed by atoms with van der Waals surface area (Å²) in [6.45, 7) is 10.6. The molecule has 0 spiro atoms. The van der Waals surface area contributed by atoms with Gasteiger partial charge in [-0.1, -0.05) is 34.4 Å². The fourth-order valence-corrected chi connectivity index (χ4v) is 0.424. The quantitative estimate of drug-likeness (QED) is 0.528. The van der Waals surface area contributed by atoms with Crippen LogP contribution in [-0.4, -0.2) is 5.12 Å². The van der Waals surface area contributed by atoms with Crippen LogP contribution >= 0.6 is 11.9 Å². The molecule has 0 aliphatic carbocycles. The van der Waals surface area contributed by atoms with Crippen LogP contribution in [0.1, 0.15) is 21.3 Å². The minimum absolute atomic E-state index is 0. The minimum Gasteiger partial charge on any atom is -0.330 e. The van der Waals surface area contributed by atoms with Gasteiger partial charge >= 0.3 is 0 Å². The van der Waals surface area contributed by atoms with E-state index < -0.39 is 0 Å². The van der Waals surface area contributed by atoms with E-state index in [1.165, 1.54) is 12.3 Å². The van der Waals surface area contributed by atoms with E-state index >= 15 is 0 Å². The van der Waals surface area contributed by atoms with Gasteiger partial charge in [-0.2, -0.15) is 0 Å². The van der Waals surface area contributed by atoms with Crippen molar-refractivity contribution in [1.82, 2.24) is 4.72 Å². The van der Waals surface area contributed by atoms with Crippen molar-refractivity contribution in [3.05, 3.63) is 25.4 Å². The second-order valence-electron chi connectivity index (χ2n) is 0.947. The van der Waals surface area contributed by atoms with Crippen LogP contribution in [0, 0.1) is 0 Å². The molecule has 0 aromatic carbocycles. The Morgan fingerprint density at radius 1 is 1.45 bits per heavy atom. The van der Waals surface area contributed by atoms with Gasteiger partial charge in [0.15, 0.2) is 0 Å². The summed E-state index contributed by atoms with van der Waals surface area (Å²) in [4.78, 5) is 10.3. The number of hydrogen-bond acceptors (Lipinski definition) is 3. The molecular formula is C8H17NOS. The van der Waals surface area contributed by atoms with E-state index in [9.17, 15) is 4.79 Å². The predicted molar refractivity (Wildman–Crippen MR) is 54.2 cm³/mol. The molecule has 0 rings (SSSR count). The first-order valence-corrected chi connectivity index (χ1v) is 3.82. The molecule has 0 fully saturated rings. The number of nitrogens with one attached hydrogen (secondary N) is 1. The number of carbonyl (C=O) groups is 1. The summed E-state index contributed by atoms with van der Waals surface area (Å²) in [6.07, 6.45) is 2.67. The standard InChI is InChI=1S/C5H7NOS.C2H6.CH4/c1-3-5(7)8-6-4-2;1-2;/h3-4,6H,1-2H2;1-2H3;1H4. The third kappa shape index (κ3) is 17.6. The fourth-order valence-electron chi connectivity index (χ4n) is 0.141. The maximum absolute atomic E-state index is 10.3. The molecule has 0 aliphatic heterocycles. The molecule has 0 aromatic heterocycles. The summed E-state index contributed by atoms with van der Waals surface area (Å²) < 4.78 is 2.56. The topological polar surface area (TPSA) is 29.1 Å². The molecule has 0 amide bonds. The highest BCUT2D eigenvalue weighted by molar-refractivity contribution is 8.12. The van der Waals surface area contributed by atoms with Crippen LogP contribution in [0.2, 0.25) is 0 Å². The second-order valence-corrected chi connectivity index (χ2v) is 1.79. The lowest BCUT2D eigenvalue weighted by Crippen LogP contribution is -1.95. The average molecular weight is 175 g/mol. The predicted octanol–water partition coefficient (Wildman–Crippen LogP) is 2.74.